The van der Waals surface area contributed by atoms with Crippen LogP contribution in [0.2, 0.25) is 0 Å². The normalized spacial score (nSPS) is 6.92. The first-order valence-electron chi connectivity index (χ1n) is 2.40. The number of halogens is 2. The van der Waals surface area contributed by atoms with E-state index in [0.717, 1.165) is 0 Å². The Morgan fingerprint density at radius 3 is 1.00 bits per heavy atom. The zero-order valence-corrected chi connectivity index (χ0v) is 10.5. The van der Waals surface area contributed by atoms with Crippen LogP contribution < -0.4 is 10.2 Å². The molecule has 0 saturated heterocycles. The molecular weight excluding hydrogens is 286 g/mol. The summed E-state index contributed by atoms with van der Waals surface area (Å²) in [6.45, 7) is 4.85. The molecule has 0 saturated carbocycles. The molecule has 0 heterocycles. The Kier molecular flexibility index (Phi) is 12.9. The van der Waals surface area contributed by atoms with Crippen molar-refractivity contribution in [2.45, 2.75) is 0 Å². The van der Waals surface area contributed by atoms with E-state index in [2.05, 4.69) is 13.2 Å². The van der Waals surface area contributed by atoms with Gasteiger partial charge in [-0.1, -0.05) is 13.2 Å². The monoisotopic (exact) mass is 292 g/mol. The molecule has 0 amide bonds. The van der Waals surface area contributed by atoms with Crippen LogP contribution in [0.15, 0.2) is 24.8 Å². The number of carboxylic acids is 2. The first-order chi connectivity index (χ1) is 5.29. The van der Waals surface area contributed by atoms with Crippen LogP contribution in [0, 0.1) is 0 Å². The Labute approximate surface area is 92.7 Å². The van der Waals surface area contributed by atoms with E-state index in [-0.39, 0.29) is 27.3 Å². The minimum atomic E-state index is -1.85. The van der Waals surface area contributed by atoms with Crippen LogP contribution in [0.4, 0.5) is 8.78 Å². The summed E-state index contributed by atoms with van der Waals surface area (Å²) in [5.41, 5.74) is 0. The SMILES string of the molecule is C=C(F)C(=O)[O-].C=C(F)C(=O)[O-].[Cd+2]. The maximum atomic E-state index is 11.0. The van der Waals surface area contributed by atoms with E-state index < -0.39 is 23.6 Å². The maximum absolute atomic E-state index is 11.0. The molecule has 13 heavy (non-hydrogen) atoms. The topological polar surface area (TPSA) is 80.3 Å². The summed E-state index contributed by atoms with van der Waals surface area (Å²) in [6.07, 6.45) is 0. The first-order valence-corrected chi connectivity index (χ1v) is 2.40. The molecule has 4 nitrogen and oxygen atoms in total. The second kappa shape index (κ2) is 9.29. The summed E-state index contributed by atoms with van der Waals surface area (Å²) in [6, 6.07) is 0. The molecule has 0 atom stereocenters. The smallest absolute Gasteiger partial charge is 0.542 e. The molecule has 0 spiro atoms. The molecule has 0 rings (SSSR count). The van der Waals surface area contributed by atoms with Crippen LogP contribution in [0.3, 0.4) is 0 Å². The Morgan fingerprint density at radius 2 is 1.00 bits per heavy atom. The molecule has 68 valence electrons. The molecular formula is C6H4CdF2O4. The van der Waals surface area contributed by atoms with Crippen LogP contribution in [0.5, 0.6) is 0 Å². The summed E-state index contributed by atoms with van der Waals surface area (Å²) in [4.78, 5) is 18.2. The fourth-order valence-electron chi connectivity index (χ4n) is 0. The molecule has 0 radical (unpaired) electrons. The summed E-state index contributed by atoms with van der Waals surface area (Å²) in [5, 5.41) is 18.2. The number of carbonyl (C=O) groups excluding carboxylic acids is 2. The predicted octanol–water partition coefficient (Wildman–Crippen LogP) is -1.56. The number of carbonyl (C=O) groups is 2. The fourth-order valence-corrected chi connectivity index (χ4v) is 0. The van der Waals surface area contributed by atoms with Crippen molar-refractivity contribution in [1.29, 1.82) is 0 Å². The minimum Gasteiger partial charge on any atom is -0.542 e. The number of hydrogen-bond donors (Lipinski definition) is 0. The van der Waals surface area contributed by atoms with Crippen LogP contribution in [0.1, 0.15) is 0 Å². The largest absolute Gasteiger partial charge is 2.00 e. The van der Waals surface area contributed by atoms with E-state index >= 15 is 0 Å². The van der Waals surface area contributed by atoms with Gasteiger partial charge in [-0.15, -0.1) is 0 Å². The first kappa shape index (κ1) is 18.1. The molecule has 0 aromatic carbocycles. The fraction of sp³-hybridized carbons (Fsp3) is 0. The molecule has 0 unspecified atom stereocenters. The second-order valence-corrected chi connectivity index (χ2v) is 1.38. The van der Waals surface area contributed by atoms with Gasteiger partial charge in [-0.3, -0.25) is 0 Å². The van der Waals surface area contributed by atoms with E-state index in [1.54, 1.807) is 0 Å². The summed E-state index contributed by atoms with van der Waals surface area (Å²) in [5.74, 6) is -6.57. The van der Waals surface area contributed by atoms with Gasteiger partial charge >= 0.3 is 27.3 Å². The molecule has 0 aliphatic rings. The van der Waals surface area contributed by atoms with Crippen LogP contribution in [-0.2, 0) is 36.9 Å². The van der Waals surface area contributed by atoms with Crippen LogP contribution >= 0.6 is 0 Å². The molecule has 0 aliphatic carbocycles. The van der Waals surface area contributed by atoms with Crippen molar-refractivity contribution in [3.8, 4) is 0 Å². The average Bonchev–Trinajstić information content (AvgIpc) is 1.88. The Balaban J connectivity index is -0.000000143. The zero-order chi connectivity index (χ0) is 10.3. The summed E-state index contributed by atoms with van der Waals surface area (Å²) >= 11 is 0. The Hall–Kier alpha value is -0.798. The molecule has 0 aliphatic heterocycles. The van der Waals surface area contributed by atoms with E-state index in [9.17, 15) is 8.78 Å². The van der Waals surface area contributed by atoms with Gasteiger partial charge in [-0.2, -0.15) is 0 Å². The summed E-state index contributed by atoms with van der Waals surface area (Å²) < 4.78 is 21.9. The second-order valence-electron chi connectivity index (χ2n) is 1.38. The van der Waals surface area contributed by atoms with Crippen molar-refractivity contribution >= 4 is 11.9 Å². The van der Waals surface area contributed by atoms with E-state index in [1.165, 1.54) is 0 Å². The Bertz CT molecular complexity index is 179. The number of aliphatic carboxylic acids is 2. The number of rotatable bonds is 2. The molecule has 0 N–H and O–H groups in total. The Morgan fingerprint density at radius 1 is 0.923 bits per heavy atom. The molecule has 0 aromatic rings. The van der Waals surface area contributed by atoms with Crippen LogP contribution in [-0.4, -0.2) is 11.9 Å². The van der Waals surface area contributed by atoms with Gasteiger partial charge in [0.1, 0.15) is 11.7 Å². The van der Waals surface area contributed by atoms with Crippen molar-refractivity contribution in [3.63, 3.8) is 0 Å². The maximum Gasteiger partial charge on any atom is 2.00 e. The van der Waals surface area contributed by atoms with Gasteiger partial charge < -0.3 is 19.8 Å². The van der Waals surface area contributed by atoms with Gasteiger partial charge in [0.15, 0.2) is 0 Å². The molecule has 0 fully saturated rings. The van der Waals surface area contributed by atoms with Gasteiger partial charge in [-0.05, 0) is 0 Å². The van der Waals surface area contributed by atoms with Gasteiger partial charge in [-0.25, -0.2) is 8.78 Å². The average molecular weight is 291 g/mol. The van der Waals surface area contributed by atoms with Crippen molar-refractivity contribution in [1.82, 2.24) is 0 Å². The van der Waals surface area contributed by atoms with E-state index in [1.807, 2.05) is 0 Å². The quantitative estimate of drug-likeness (QED) is 0.455. The molecule has 0 bridgehead atoms. The van der Waals surface area contributed by atoms with Crippen molar-refractivity contribution in [2.24, 2.45) is 0 Å². The standard InChI is InChI=1S/2C3H3FO2.Cd/c2*1-2(4)3(5)6;/h2*1H2,(H,5,6);/q;;+2/p-2. The number of carboxylic acid groups (broad SMARTS) is 2. The van der Waals surface area contributed by atoms with E-state index in [0.29, 0.717) is 0 Å². The zero-order valence-electron chi connectivity index (χ0n) is 6.51. The van der Waals surface area contributed by atoms with Crippen LogP contribution in [0.25, 0.3) is 0 Å². The molecule has 7 heteroatoms. The predicted molar refractivity (Wildman–Crippen MR) is 30.5 cm³/mol. The van der Waals surface area contributed by atoms with Gasteiger partial charge in [0.25, 0.3) is 0 Å². The third-order valence-electron chi connectivity index (χ3n) is 0.443. The van der Waals surface area contributed by atoms with Crippen molar-refractivity contribution in [2.75, 3.05) is 0 Å². The number of hydrogen-bond acceptors (Lipinski definition) is 4. The summed E-state index contributed by atoms with van der Waals surface area (Å²) in [7, 11) is 0. The van der Waals surface area contributed by atoms with Crippen molar-refractivity contribution < 1.29 is 55.9 Å². The van der Waals surface area contributed by atoms with E-state index in [4.69, 9.17) is 19.8 Å². The van der Waals surface area contributed by atoms with Crippen molar-refractivity contribution in [3.05, 3.63) is 24.8 Å². The van der Waals surface area contributed by atoms with Gasteiger partial charge in [0.2, 0.25) is 0 Å². The third kappa shape index (κ3) is 18.3. The third-order valence-corrected chi connectivity index (χ3v) is 0.443. The van der Waals surface area contributed by atoms with Gasteiger partial charge in [0.05, 0.1) is 11.9 Å². The van der Waals surface area contributed by atoms with Gasteiger partial charge in [0, 0.05) is 0 Å². The minimum absolute atomic E-state index is 0. The molecule has 0 aromatic heterocycles.